The Balaban J connectivity index is 1.37. The molecule has 2 fully saturated rings. The quantitative estimate of drug-likeness (QED) is 0.723. The lowest BCUT2D eigenvalue weighted by molar-refractivity contribution is -0.0268. The fourth-order valence-electron chi connectivity index (χ4n) is 4.37. The first-order valence-electron chi connectivity index (χ1n) is 10.3. The molecule has 1 aromatic heterocycles. The average Bonchev–Trinajstić information content (AvgIpc) is 3.16. The third kappa shape index (κ3) is 5.53. The van der Waals surface area contributed by atoms with Gasteiger partial charge in [0.1, 0.15) is 0 Å². The molecule has 0 unspecified atom stereocenters. The van der Waals surface area contributed by atoms with Gasteiger partial charge in [0.05, 0.1) is 19.3 Å². The second-order valence-corrected chi connectivity index (χ2v) is 7.84. The molecule has 0 amide bonds. The average molecular weight is 349 g/mol. The van der Waals surface area contributed by atoms with Crippen molar-refractivity contribution in [3.8, 4) is 0 Å². The summed E-state index contributed by atoms with van der Waals surface area (Å²) in [4.78, 5) is 5.24. The molecule has 1 saturated carbocycles. The number of ether oxygens (including phenoxy) is 1. The number of rotatable bonds is 8. The van der Waals surface area contributed by atoms with E-state index in [4.69, 9.17) is 4.74 Å². The van der Waals surface area contributed by atoms with Gasteiger partial charge in [0.25, 0.3) is 0 Å². The topological polar surface area (TPSA) is 33.5 Å². The summed E-state index contributed by atoms with van der Waals surface area (Å²) < 4.78 is 8.28. The molecular weight excluding hydrogens is 312 g/mol. The van der Waals surface area contributed by atoms with E-state index in [0.717, 1.165) is 38.7 Å². The molecule has 3 rings (SSSR count). The molecule has 0 spiro atoms. The van der Waals surface area contributed by atoms with E-state index in [1.54, 1.807) is 0 Å². The largest absolute Gasteiger partial charge is 0.377 e. The first kappa shape index (κ1) is 18.9. The number of piperazine rings is 1. The third-order valence-corrected chi connectivity index (χ3v) is 6.11. The predicted octanol–water partition coefficient (Wildman–Crippen LogP) is 2.87. The first-order chi connectivity index (χ1) is 12.3. The molecule has 3 atom stereocenters. The van der Waals surface area contributed by atoms with Crippen molar-refractivity contribution in [2.75, 3.05) is 39.3 Å². The van der Waals surface area contributed by atoms with Crippen molar-refractivity contribution in [1.82, 2.24) is 19.6 Å². The van der Waals surface area contributed by atoms with E-state index in [-0.39, 0.29) is 0 Å². The molecule has 0 bridgehead atoms. The van der Waals surface area contributed by atoms with Crippen LogP contribution in [0.15, 0.2) is 18.5 Å². The van der Waals surface area contributed by atoms with Gasteiger partial charge in [0, 0.05) is 51.2 Å². The van der Waals surface area contributed by atoms with Crippen LogP contribution in [-0.2, 0) is 11.3 Å². The fraction of sp³-hybridized carbons (Fsp3) is 0.850. The van der Waals surface area contributed by atoms with Crippen LogP contribution in [0.1, 0.15) is 46.0 Å². The van der Waals surface area contributed by atoms with Crippen LogP contribution < -0.4 is 0 Å². The highest BCUT2D eigenvalue weighted by atomic mass is 16.5. The summed E-state index contributed by atoms with van der Waals surface area (Å²) >= 11 is 0. The zero-order valence-corrected chi connectivity index (χ0v) is 16.1. The van der Waals surface area contributed by atoms with Gasteiger partial charge in [0.15, 0.2) is 0 Å². The third-order valence-electron chi connectivity index (χ3n) is 6.11. The lowest BCUT2D eigenvalue weighted by Gasteiger charge is -2.41. The molecule has 1 aliphatic heterocycles. The molecule has 2 heterocycles. The monoisotopic (exact) mass is 348 g/mol. The van der Waals surface area contributed by atoms with Gasteiger partial charge < -0.3 is 4.74 Å². The van der Waals surface area contributed by atoms with Crippen LogP contribution in [0.2, 0.25) is 0 Å². The van der Waals surface area contributed by atoms with Crippen LogP contribution in [0, 0.1) is 5.92 Å². The Morgan fingerprint density at radius 1 is 1.12 bits per heavy atom. The lowest BCUT2D eigenvalue weighted by Crippen LogP contribution is -2.54. The molecule has 142 valence electrons. The number of hydrogen-bond acceptors (Lipinski definition) is 4. The van der Waals surface area contributed by atoms with Gasteiger partial charge in [-0.25, -0.2) is 0 Å². The van der Waals surface area contributed by atoms with E-state index >= 15 is 0 Å². The molecule has 0 aromatic carbocycles. The van der Waals surface area contributed by atoms with E-state index in [1.165, 1.54) is 45.2 Å². The Morgan fingerprint density at radius 2 is 2.00 bits per heavy atom. The minimum Gasteiger partial charge on any atom is -0.377 e. The van der Waals surface area contributed by atoms with Crippen LogP contribution >= 0.6 is 0 Å². The Labute approximate surface area is 153 Å². The van der Waals surface area contributed by atoms with Crippen LogP contribution in [0.3, 0.4) is 0 Å². The maximum Gasteiger partial charge on any atom is 0.0601 e. The summed E-state index contributed by atoms with van der Waals surface area (Å²) in [6, 6.07) is 2.67. The molecule has 1 aliphatic carbocycles. The predicted molar refractivity (Wildman–Crippen MR) is 102 cm³/mol. The first-order valence-corrected chi connectivity index (χ1v) is 10.3. The lowest BCUT2D eigenvalue weighted by atomic mass is 9.88. The summed E-state index contributed by atoms with van der Waals surface area (Å²) in [5, 5.41) is 4.31. The van der Waals surface area contributed by atoms with Crippen LogP contribution in [0.5, 0.6) is 0 Å². The van der Waals surface area contributed by atoms with Crippen molar-refractivity contribution in [2.45, 2.75) is 64.6 Å². The van der Waals surface area contributed by atoms with E-state index in [0.29, 0.717) is 12.1 Å². The molecular formula is C20H36N4O. The summed E-state index contributed by atoms with van der Waals surface area (Å²) in [6.45, 7) is 12.3. The maximum absolute atomic E-state index is 6.25. The van der Waals surface area contributed by atoms with Gasteiger partial charge in [-0.15, -0.1) is 0 Å². The van der Waals surface area contributed by atoms with Crippen molar-refractivity contribution in [2.24, 2.45) is 5.92 Å². The van der Waals surface area contributed by atoms with Crippen molar-refractivity contribution in [3.63, 3.8) is 0 Å². The Hall–Kier alpha value is -0.910. The van der Waals surface area contributed by atoms with Crippen molar-refractivity contribution >= 4 is 0 Å². The SMILES string of the molecule is CC[C@@H]1CN(CCn2cccn2)CCN1CCO[C@H]1CCCC[C@H]1C. The van der Waals surface area contributed by atoms with Gasteiger partial charge in [-0.05, 0) is 31.2 Å². The summed E-state index contributed by atoms with van der Waals surface area (Å²) in [5.74, 6) is 0.745. The zero-order valence-electron chi connectivity index (χ0n) is 16.1. The minimum atomic E-state index is 0.504. The van der Waals surface area contributed by atoms with Gasteiger partial charge in [-0.3, -0.25) is 14.5 Å². The number of hydrogen-bond donors (Lipinski definition) is 0. The Morgan fingerprint density at radius 3 is 2.76 bits per heavy atom. The second kappa shape index (κ2) is 9.70. The summed E-state index contributed by atoms with van der Waals surface area (Å²) in [7, 11) is 0. The van der Waals surface area contributed by atoms with E-state index in [9.17, 15) is 0 Å². The maximum atomic E-state index is 6.25. The van der Waals surface area contributed by atoms with Crippen molar-refractivity contribution in [1.29, 1.82) is 0 Å². The summed E-state index contributed by atoms with van der Waals surface area (Å²) in [5.41, 5.74) is 0. The highest BCUT2D eigenvalue weighted by Gasteiger charge is 2.26. The molecule has 0 N–H and O–H groups in total. The molecule has 0 radical (unpaired) electrons. The second-order valence-electron chi connectivity index (χ2n) is 7.84. The van der Waals surface area contributed by atoms with Crippen molar-refractivity contribution < 1.29 is 4.74 Å². The highest BCUT2D eigenvalue weighted by Crippen LogP contribution is 2.26. The zero-order chi connectivity index (χ0) is 17.5. The van der Waals surface area contributed by atoms with E-state index in [1.807, 2.05) is 16.9 Å². The molecule has 5 heteroatoms. The van der Waals surface area contributed by atoms with Crippen LogP contribution in [-0.4, -0.2) is 71.1 Å². The number of aromatic nitrogens is 2. The Kier molecular flexibility index (Phi) is 7.32. The van der Waals surface area contributed by atoms with E-state index < -0.39 is 0 Å². The van der Waals surface area contributed by atoms with Gasteiger partial charge in [0.2, 0.25) is 0 Å². The van der Waals surface area contributed by atoms with Crippen LogP contribution in [0.25, 0.3) is 0 Å². The summed E-state index contributed by atoms with van der Waals surface area (Å²) in [6.07, 6.45) is 11.0. The van der Waals surface area contributed by atoms with Gasteiger partial charge in [-0.2, -0.15) is 5.10 Å². The highest BCUT2D eigenvalue weighted by molar-refractivity contribution is 4.83. The van der Waals surface area contributed by atoms with Gasteiger partial charge in [-0.1, -0.05) is 26.7 Å². The smallest absolute Gasteiger partial charge is 0.0601 e. The molecule has 25 heavy (non-hydrogen) atoms. The standard InChI is InChI=1S/C20H36N4O/c1-3-19-17-22(12-14-24-10-6-9-21-24)11-13-23(19)15-16-25-20-8-5-4-7-18(20)2/h6,9-10,18-20H,3-5,7-8,11-17H2,1-2H3/t18-,19-,20+/m1/s1. The number of nitrogens with zero attached hydrogens (tertiary/aromatic N) is 4. The van der Waals surface area contributed by atoms with E-state index in [2.05, 4.69) is 34.9 Å². The molecule has 1 saturated heterocycles. The van der Waals surface area contributed by atoms with Crippen LogP contribution in [0.4, 0.5) is 0 Å². The normalized spacial score (nSPS) is 29.1. The molecule has 5 nitrogen and oxygen atoms in total. The molecule has 2 aliphatic rings. The molecule has 1 aromatic rings. The minimum absolute atomic E-state index is 0.504. The van der Waals surface area contributed by atoms with Gasteiger partial charge >= 0.3 is 0 Å². The Bertz CT molecular complexity index is 478. The fourth-order valence-corrected chi connectivity index (χ4v) is 4.37. The van der Waals surface area contributed by atoms with Crippen molar-refractivity contribution in [3.05, 3.63) is 18.5 Å².